The summed E-state index contributed by atoms with van der Waals surface area (Å²) >= 11 is 1.34. The van der Waals surface area contributed by atoms with Crippen molar-refractivity contribution in [2.24, 2.45) is 10.9 Å². The number of aromatic hydroxyl groups is 1. The van der Waals surface area contributed by atoms with Gasteiger partial charge in [-0.3, -0.25) is 9.59 Å². The molecule has 132 valence electrons. The molecule has 2 aliphatic rings. The maximum absolute atomic E-state index is 12.1. The molecular formula is C18H20N2O4S. The standard InChI is InChI=1S/C18H20N2O4S/c1-2-24-17(23)13-6-8-20(9-7-13)18-19-16(22)15(25-18)11-12-4-3-5-14(21)10-12/h3-5,10-11,13,21H,2,6-9H2,1H3. The molecular weight excluding hydrogens is 340 g/mol. The van der Waals surface area contributed by atoms with Gasteiger partial charge >= 0.3 is 5.97 Å². The molecule has 1 saturated heterocycles. The number of hydrogen-bond acceptors (Lipinski definition) is 6. The van der Waals surface area contributed by atoms with Crippen LogP contribution in [-0.2, 0) is 14.3 Å². The third-order valence-corrected chi connectivity index (χ3v) is 5.21. The zero-order valence-electron chi connectivity index (χ0n) is 14.0. The second-order valence-electron chi connectivity index (χ2n) is 5.92. The molecule has 1 aromatic rings. The highest BCUT2D eigenvalue weighted by Gasteiger charge is 2.31. The van der Waals surface area contributed by atoms with Crippen molar-refractivity contribution in [2.75, 3.05) is 19.7 Å². The molecule has 7 heteroatoms. The number of aliphatic imine (C=N–C) groups is 1. The van der Waals surface area contributed by atoms with Crippen molar-refractivity contribution in [1.82, 2.24) is 4.90 Å². The van der Waals surface area contributed by atoms with Gasteiger partial charge in [0.1, 0.15) is 5.75 Å². The second kappa shape index (κ2) is 7.74. The van der Waals surface area contributed by atoms with E-state index in [0.717, 1.165) is 5.56 Å². The van der Waals surface area contributed by atoms with Crippen molar-refractivity contribution in [3.8, 4) is 5.75 Å². The zero-order chi connectivity index (χ0) is 17.8. The summed E-state index contributed by atoms with van der Waals surface area (Å²) in [5.74, 6) is -0.312. The molecule has 0 aliphatic carbocycles. The molecule has 6 nitrogen and oxygen atoms in total. The van der Waals surface area contributed by atoms with Crippen molar-refractivity contribution in [1.29, 1.82) is 0 Å². The monoisotopic (exact) mass is 360 g/mol. The lowest BCUT2D eigenvalue weighted by atomic mass is 9.97. The number of rotatable bonds is 3. The number of amides is 1. The minimum atomic E-state index is -0.268. The lowest BCUT2D eigenvalue weighted by Gasteiger charge is -2.31. The van der Waals surface area contributed by atoms with E-state index in [1.807, 2.05) is 17.9 Å². The van der Waals surface area contributed by atoms with Crippen LogP contribution in [-0.4, -0.2) is 46.7 Å². The lowest BCUT2D eigenvalue weighted by molar-refractivity contribution is -0.149. The average molecular weight is 360 g/mol. The van der Waals surface area contributed by atoms with Gasteiger partial charge in [-0.1, -0.05) is 12.1 Å². The summed E-state index contributed by atoms with van der Waals surface area (Å²) in [6.45, 7) is 3.58. The second-order valence-corrected chi connectivity index (χ2v) is 6.93. The van der Waals surface area contributed by atoms with E-state index in [0.29, 0.717) is 42.6 Å². The van der Waals surface area contributed by atoms with Crippen LogP contribution in [0.3, 0.4) is 0 Å². The number of amidine groups is 1. The first-order chi connectivity index (χ1) is 12.1. The van der Waals surface area contributed by atoms with Crippen LogP contribution in [0.5, 0.6) is 5.75 Å². The number of likely N-dealkylation sites (tertiary alicyclic amines) is 1. The predicted molar refractivity (Wildman–Crippen MR) is 97.0 cm³/mol. The average Bonchev–Trinajstić information content (AvgIpc) is 2.96. The summed E-state index contributed by atoms with van der Waals surface area (Å²) in [5, 5.41) is 10.2. The number of phenolic OH excluding ortho intramolecular Hbond substituents is 1. The van der Waals surface area contributed by atoms with Crippen molar-refractivity contribution < 1.29 is 19.4 Å². The topological polar surface area (TPSA) is 79.2 Å². The van der Waals surface area contributed by atoms with E-state index in [9.17, 15) is 14.7 Å². The lowest BCUT2D eigenvalue weighted by Crippen LogP contribution is -2.39. The van der Waals surface area contributed by atoms with Crippen LogP contribution in [0.15, 0.2) is 34.2 Å². The van der Waals surface area contributed by atoms with Gasteiger partial charge in [0.15, 0.2) is 5.17 Å². The number of phenols is 1. The van der Waals surface area contributed by atoms with E-state index >= 15 is 0 Å². The van der Waals surface area contributed by atoms with E-state index in [2.05, 4.69) is 4.99 Å². The Morgan fingerprint density at radius 3 is 2.88 bits per heavy atom. The number of carbonyl (C=O) groups excluding carboxylic acids is 2. The minimum Gasteiger partial charge on any atom is -0.508 e. The summed E-state index contributed by atoms with van der Waals surface area (Å²) in [5.41, 5.74) is 0.758. The molecule has 0 saturated carbocycles. The summed E-state index contributed by atoms with van der Waals surface area (Å²) in [6, 6.07) is 6.74. The molecule has 0 atom stereocenters. The van der Waals surface area contributed by atoms with E-state index < -0.39 is 0 Å². The molecule has 3 rings (SSSR count). The number of esters is 1. The van der Waals surface area contributed by atoms with E-state index in [4.69, 9.17) is 4.74 Å². The van der Waals surface area contributed by atoms with E-state index in [1.165, 1.54) is 11.8 Å². The Morgan fingerprint density at radius 2 is 2.20 bits per heavy atom. The molecule has 1 amide bonds. The molecule has 0 spiro atoms. The molecule has 2 aliphatic heterocycles. The number of carbonyl (C=O) groups is 2. The van der Waals surface area contributed by atoms with Crippen LogP contribution in [0.25, 0.3) is 6.08 Å². The van der Waals surface area contributed by atoms with Gasteiger partial charge in [-0.15, -0.1) is 0 Å². The molecule has 1 fully saturated rings. The quantitative estimate of drug-likeness (QED) is 0.659. The first-order valence-corrected chi connectivity index (χ1v) is 9.11. The highest BCUT2D eigenvalue weighted by atomic mass is 32.2. The van der Waals surface area contributed by atoms with Crippen LogP contribution in [0, 0.1) is 5.92 Å². The van der Waals surface area contributed by atoms with Crippen LogP contribution >= 0.6 is 11.8 Å². The summed E-state index contributed by atoms with van der Waals surface area (Å²) < 4.78 is 5.08. The molecule has 2 heterocycles. The van der Waals surface area contributed by atoms with Gasteiger partial charge in [0.05, 0.1) is 17.4 Å². The number of nitrogens with zero attached hydrogens (tertiary/aromatic N) is 2. The fourth-order valence-corrected chi connectivity index (χ4v) is 3.83. The van der Waals surface area contributed by atoms with E-state index in [1.54, 1.807) is 24.3 Å². The normalized spacial score (nSPS) is 20.0. The van der Waals surface area contributed by atoms with Gasteiger partial charge in [0.2, 0.25) is 0 Å². The minimum absolute atomic E-state index is 0.0683. The van der Waals surface area contributed by atoms with Crippen molar-refractivity contribution >= 4 is 34.9 Å². The van der Waals surface area contributed by atoms with Gasteiger partial charge < -0.3 is 14.7 Å². The van der Waals surface area contributed by atoms with Gasteiger partial charge in [-0.05, 0) is 55.3 Å². The summed E-state index contributed by atoms with van der Waals surface area (Å²) in [4.78, 5) is 30.7. The number of piperidine rings is 1. The van der Waals surface area contributed by atoms with Crippen LogP contribution < -0.4 is 0 Å². The fourth-order valence-electron chi connectivity index (χ4n) is 2.87. The Labute approximate surface area is 150 Å². The Kier molecular flexibility index (Phi) is 5.43. The third kappa shape index (κ3) is 4.22. The summed E-state index contributed by atoms with van der Waals surface area (Å²) in [7, 11) is 0. The van der Waals surface area contributed by atoms with Gasteiger partial charge in [0.25, 0.3) is 5.91 Å². The largest absolute Gasteiger partial charge is 0.508 e. The number of ether oxygens (including phenoxy) is 1. The Morgan fingerprint density at radius 1 is 1.44 bits per heavy atom. The molecule has 25 heavy (non-hydrogen) atoms. The third-order valence-electron chi connectivity index (χ3n) is 4.16. The van der Waals surface area contributed by atoms with Gasteiger partial charge in [-0.2, -0.15) is 4.99 Å². The first-order valence-electron chi connectivity index (χ1n) is 8.30. The highest BCUT2D eigenvalue weighted by Crippen LogP contribution is 2.32. The Balaban J connectivity index is 1.61. The van der Waals surface area contributed by atoms with Crippen LogP contribution in [0.1, 0.15) is 25.3 Å². The molecule has 0 radical (unpaired) electrons. The first kappa shape index (κ1) is 17.5. The molecule has 0 bridgehead atoms. The number of hydrogen-bond donors (Lipinski definition) is 1. The number of benzene rings is 1. The fraction of sp³-hybridized carbons (Fsp3) is 0.389. The molecule has 1 aromatic carbocycles. The molecule has 0 aromatic heterocycles. The Hall–Kier alpha value is -2.28. The van der Waals surface area contributed by atoms with Gasteiger partial charge in [-0.25, -0.2) is 0 Å². The zero-order valence-corrected chi connectivity index (χ0v) is 14.8. The SMILES string of the molecule is CCOC(=O)C1CCN(C2=NC(=O)C(=Cc3cccc(O)c3)S2)CC1. The maximum atomic E-state index is 12.1. The van der Waals surface area contributed by atoms with Gasteiger partial charge in [0, 0.05) is 13.1 Å². The van der Waals surface area contributed by atoms with Crippen molar-refractivity contribution in [3.63, 3.8) is 0 Å². The molecule has 0 unspecified atom stereocenters. The van der Waals surface area contributed by atoms with Crippen LogP contribution in [0.4, 0.5) is 0 Å². The summed E-state index contributed by atoms with van der Waals surface area (Å²) in [6.07, 6.45) is 3.14. The maximum Gasteiger partial charge on any atom is 0.309 e. The van der Waals surface area contributed by atoms with Crippen LogP contribution in [0.2, 0.25) is 0 Å². The highest BCUT2D eigenvalue weighted by molar-refractivity contribution is 8.18. The number of thioether (sulfide) groups is 1. The van der Waals surface area contributed by atoms with E-state index in [-0.39, 0.29) is 23.5 Å². The Bertz CT molecular complexity index is 736. The smallest absolute Gasteiger partial charge is 0.309 e. The van der Waals surface area contributed by atoms with Crippen molar-refractivity contribution in [2.45, 2.75) is 19.8 Å². The molecule has 1 N–H and O–H groups in total. The van der Waals surface area contributed by atoms with Crippen molar-refractivity contribution in [3.05, 3.63) is 34.7 Å². The predicted octanol–water partition coefficient (Wildman–Crippen LogP) is 2.64.